The van der Waals surface area contributed by atoms with Gasteiger partial charge in [-0.2, -0.15) is 4.31 Å². The number of carbonyl (C=O) groups is 1. The second-order valence-corrected chi connectivity index (χ2v) is 10.7. The number of imidazole rings is 1. The van der Waals surface area contributed by atoms with Crippen LogP contribution < -0.4 is 0 Å². The van der Waals surface area contributed by atoms with Crippen molar-refractivity contribution in [3.8, 4) is 0 Å². The molecule has 0 bridgehead atoms. The van der Waals surface area contributed by atoms with Gasteiger partial charge in [0.25, 0.3) is 0 Å². The fraction of sp³-hybridized carbons (Fsp3) is 0.636. The number of likely N-dealkylation sites (tertiary alicyclic amines) is 1. The van der Waals surface area contributed by atoms with Crippen molar-refractivity contribution in [1.82, 2.24) is 18.8 Å². The van der Waals surface area contributed by atoms with Crippen LogP contribution in [0.1, 0.15) is 52.9 Å². The maximum absolute atomic E-state index is 12.9. The van der Waals surface area contributed by atoms with Gasteiger partial charge in [0, 0.05) is 32.7 Å². The van der Waals surface area contributed by atoms with E-state index in [4.69, 9.17) is 4.98 Å². The Bertz CT molecular complexity index is 994. The summed E-state index contributed by atoms with van der Waals surface area (Å²) in [4.78, 5) is 19.6. The molecule has 1 fully saturated rings. The molecule has 0 atom stereocenters. The summed E-state index contributed by atoms with van der Waals surface area (Å²) in [5, 5.41) is 0.784. The Morgan fingerprint density at radius 3 is 2.48 bits per heavy atom. The second kappa shape index (κ2) is 10.8. The zero-order valence-corrected chi connectivity index (χ0v) is 20.5. The number of amides is 1. The number of aryl methyl sites for hydroxylation is 1. The predicted octanol–water partition coefficient (Wildman–Crippen LogP) is 3.97. The van der Waals surface area contributed by atoms with Gasteiger partial charge in [-0.1, -0.05) is 39.0 Å². The quantitative estimate of drug-likeness (QED) is 0.495. The van der Waals surface area contributed by atoms with Gasteiger partial charge < -0.3 is 9.47 Å². The average Bonchev–Trinajstić information content (AvgIpc) is 3.13. The minimum absolute atomic E-state index is 0.156. The van der Waals surface area contributed by atoms with Crippen LogP contribution >= 0.6 is 11.8 Å². The fourth-order valence-electron chi connectivity index (χ4n) is 3.96. The number of benzene rings is 1. The van der Waals surface area contributed by atoms with E-state index in [1.54, 1.807) is 12.1 Å². The first-order chi connectivity index (χ1) is 14.9. The first-order valence-electron chi connectivity index (χ1n) is 11.3. The summed E-state index contributed by atoms with van der Waals surface area (Å²) in [5.74, 6) is 0.517. The molecule has 172 valence electrons. The molecule has 2 heterocycles. The fourth-order valence-corrected chi connectivity index (χ4v) is 6.39. The molecule has 2 aromatic rings. The molecular formula is C22H34N4O3S2. The number of nitrogens with zero attached hydrogens (tertiary/aromatic N) is 4. The van der Waals surface area contributed by atoms with Crippen molar-refractivity contribution in [1.29, 1.82) is 0 Å². The van der Waals surface area contributed by atoms with Gasteiger partial charge in [0.2, 0.25) is 15.9 Å². The second-order valence-electron chi connectivity index (χ2n) is 7.87. The van der Waals surface area contributed by atoms with Crippen LogP contribution in [0.4, 0.5) is 0 Å². The lowest BCUT2D eigenvalue weighted by Crippen LogP contribution is -2.36. The standard InChI is InChI=1S/C22H34N4O3S2/c1-4-7-15-26-20-12-11-18(31(28,29)25(5-2)6-3)16-19(20)23-22(26)30-17-21(27)24-13-9-8-10-14-24/h11-12,16H,4-10,13-15,17H2,1-3H3. The summed E-state index contributed by atoms with van der Waals surface area (Å²) in [6, 6.07) is 5.19. The van der Waals surface area contributed by atoms with Crippen LogP contribution in [0.3, 0.4) is 0 Å². The van der Waals surface area contributed by atoms with Crippen molar-refractivity contribution < 1.29 is 13.2 Å². The Hall–Kier alpha value is -1.58. The number of thioether (sulfide) groups is 1. The SMILES string of the molecule is CCCCn1c(SCC(=O)N2CCCCC2)nc2cc(S(=O)(=O)N(CC)CC)ccc21. The lowest BCUT2D eigenvalue weighted by Gasteiger charge is -2.26. The Morgan fingerprint density at radius 2 is 1.84 bits per heavy atom. The van der Waals surface area contributed by atoms with Crippen molar-refractivity contribution in [2.75, 3.05) is 31.9 Å². The topological polar surface area (TPSA) is 75.5 Å². The Balaban J connectivity index is 1.88. The highest BCUT2D eigenvalue weighted by molar-refractivity contribution is 7.99. The van der Waals surface area contributed by atoms with Crippen molar-refractivity contribution in [2.45, 2.75) is 69.5 Å². The van der Waals surface area contributed by atoms with Crippen LogP contribution in [-0.2, 0) is 21.4 Å². The number of carbonyl (C=O) groups excluding carboxylic acids is 1. The van der Waals surface area contributed by atoms with Gasteiger partial charge in [-0.15, -0.1) is 0 Å². The zero-order valence-electron chi connectivity index (χ0n) is 18.8. The minimum Gasteiger partial charge on any atom is -0.342 e. The summed E-state index contributed by atoms with van der Waals surface area (Å²) in [7, 11) is -3.54. The molecule has 1 aromatic heterocycles. The van der Waals surface area contributed by atoms with Gasteiger partial charge in [-0.05, 0) is 43.9 Å². The number of rotatable bonds is 10. The van der Waals surface area contributed by atoms with Crippen LogP contribution in [0, 0.1) is 0 Å². The lowest BCUT2D eigenvalue weighted by atomic mass is 10.1. The molecule has 7 nitrogen and oxygen atoms in total. The Kier molecular flexibility index (Phi) is 8.41. The molecule has 0 N–H and O–H groups in total. The molecule has 1 aliphatic heterocycles. The highest BCUT2D eigenvalue weighted by atomic mass is 32.2. The summed E-state index contributed by atoms with van der Waals surface area (Å²) in [6.07, 6.45) is 5.40. The summed E-state index contributed by atoms with van der Waals surface area (Å²) < 4.78 is 29.4. The monoisotopic (exact) mass is 466 g/mol. The summed E-state index contributed by atoms with van der Waals surface area (Å²) >= 11 is 1.45. The largest absolute Gasteiger partial charge is 0.342 e. The molecule has 31 heavy (non-hydrogen) atoms. The molecular weight excluding hydrogens is 432 g/mol. The molecule has 0 spiro atoms. The van der Waals surface area contributed by atoms with Crippen LogP contribution in [-0.4, -0.2) is 65.0 Å². The first-order valence-corrected chi connectivity index (χ1v) is 13.8. The Labute approximate surface area is 190 Å². The zero-order chi connectivity index (χ0) is 22.4. The van der Waals surface area contributed by atoms with Gasteiger partial charge in [0.15, 0.2) is 5.16 Å². The van der Waals surface area contributed by atoms with E-state index in [0.717, 1.165) is 56.0 Å². The van der Waals surface area contributed by atoms with Gasteiger partial charge in [0.05, 0.1) is 21.7 Å². The molecule has 1 saturated heterocycles. The predicted molar refractivity (Wildman–Crippen MR) is 126 cm³/mol. The molecule has 0 radical (unpaired) electrons. The van der Waals surface area contributed by atoms with Crippen molar-refractivity contribution in [3.63, 3.8) is 0 Å². The third-order valence-electron chi connectivity index (χ3n) is 5.80. The van der Waals surface area contributed by atoms with Crippen LogP contribution in [0.15, 0.2) is 28.3 Å². The summed E-state index contributed by atoms with van der Waals surface area (Å²) in [6.45, 7) is 9.18. The van der Waals surface area contributed by atoms with E-state index in [1.807, 2.05) is 24.8 Å². The molecule has 9 heteroatoms. The molecule has 1 aromatic carbocycles. The molecule has 0 aliphatic carbocycles. The normalized spacial score (nSPS) is 15.2. The average molecular weight is 467 g/mol. The van der Waals surface area contributed by atoms with E-state index >= 15 is 0 Å². The third kappa shape index (κ3) is 5.43. The number of piperidine rings is 1. The van der Waals surface area contributed by atoms with Crippen molar-refractivity contribution >= 4 is 38.7 Å². The van der Waals surface area contributed by atoms with Gasteiger partial charge in [-0.25, -0.2) is 13.4 Å². The smallest absolute Gasteiger partial charge is 0.243 e. The summed E-state index contributed by atoms with van der Waals surface area (Å²) in [5.41, 5.74) is 1.58. The number of aromatic nitrogens is 2. The lowest BCUT2D eigenvalue weighted by molar-refractivity contribution is -0.129. The number of hydrogen-bond acceptors (Lipinski definition) is 5. The van der Waals surface area contributed by atoms with Crippen molar-refractivity contribution in [2.24, 2.45) is 0 Å². The minimum atomic E-state index is -3.54. The van der Waals surface area contributed by atoms with Gasteiger partial charge >= 0.3 is 0 Å². The van der Waals surface area contributed by atoms with Crippen molar-refractivity contribution in [3.05, 3.63) is 18.2 Å². The first kappa shape index (κ1) is 24.1. The van der Waals surface area contributed by atoms with E-state index in [2.05, 4.69) is 11.5 Å². The Morgan fingerprint density at radius 1 is 1.13 bits per heavy atom. The van der Waals surface area contributed by atoms with Gasteiger partial charge in [-0.3, -0.25) is 4.79 Å². The van der Waals surface area contributed by atoms with E-state index in [1.165, 1.54) is 22.5 Å². The molecule has 1 amide bonds. The van der Waals surface area contributed by atoms with E-state index in [0.29, 0.717) is 24.4 Å². The maximum atomic E-state index is 12.9. The number of sulfonamides is 1. The number of hydrogen-bond donors (Lipinski definition) is 0. The maximum Gasteiger partial charge on any atom is 0.243 e. The number of unbranched alkanes of at least 4 members (excludes halogenated alkanes) is 1. The van der Waals surface area contributed by atoms with Crippen LogP contribution in [0.2, 0.25) is 0 Å². The van der Waals surface area contributed by atoms with Crippen LogP contribution in [0.5, 0.6) is 0 Å². The molecule has 1 aliphatic rings. The van der Waals surface area contributed by atoms with E-state index < -0.39 is 10.0 Å². The van der Waals surface area contributed by atoms with Crippen LogP contribution in [0.25, 0.3) is 11.0 Å². The van der Waals surface area contributed by atoms with Gasteiger partial charge in [0.1, 0.15) is 0 Å². The van der Waals surface area contributed by atoms with E-state index in [-0.39, 0.29) is 10.8 Å². The third-order valence-corrected chi connectivity index (χ3v) is 8.80. The van der Waals surface area contributed by atoms with E-state index in [9.17, 15) is 13.2 Å². The highest BCUT2D eigenvalue weighted by Gasteiger charge is 2.24. The molecule has 0 unspecified atom stereocenters. The number of fused-ring (bicyclic) bond motifs is 1. The highest BCUT2D eigenvalue weighted by Crippen LogP contribution is 2.28. The molecule has 0 saturated carbocycles. The molecule has 3 rings (SSSR count).